The van der Waals surface area contributed by atoms with Crippen LogP contribution < -0.4 is 10.9 Å². The number of hydrogen-bond acceptors (Lipinski definition) is 5. The van der Waals surface area contributed by atoms with Gasteiger partial charge in [-0.25, -0.2) is 4.98 Å². The minimum absolute atomic E-state index is 0.0713. The van der Waals surface area contributed by atoms with Crippen LogP contribution in [0.3, 0.4) is 0 Å². The molecule has 142 valence electrons. The molecule has 1 amide bonds. The third kappa shape index (κ3) is 4.42. The lowest BCUT2D eigenvalue weighted by molar-refractivity contribution is -0.121. The van der Waals surface area contributed by atoms with Crippen LogP contribution >= 0.6 is 23.1 Å². The van der Waals surface area contributed by atoms with Gasteiger partial charge in [0.1, 0.15) is 4.83 Å². The van der Waals surface area contributed by atoms with Crippen molar-refractivity contribution >= 4 is 39.2 Å². The molecule has 0 radical (unpaired) electrons. The molecule has 1 aromatic carbocycles. The Morgan fingerprint density at radius 1 is 1.26 bits per heavy atom. The van der Waals surface area contributed by atoms with Crippen molar-refractivity contribution in [3.63, 3.8) is 0 Å². The minimum atomic E-state index is -0.353. The highest BCUT2D eigenvalue weighted by molar-refractivity contribution is 8.00. The van der Waals surface area contributed by atoms with E-state index in [1.54, 1.807) is 7.05 Å². The number of aromatic nitrogens is 2. The van der Waals surface area contributed by atoms with Crippen LogP contribution in [0.4, 0.5) is 0 Å². The molecule has 0 saturated heterocycles. The zero-order valence-corrected chi connectivity index (χ0v) is 17.7. The fraction of sp³-hybridized carbons (Fsp3) is 0.350. The van der Waals surface area contributed by atoms with E-state index >= 15 is 0 Å². The van der Waals surface area contributed by atoms with Crippen LogP contribution in [0.15, 0.2) is 46.3 Å². The van der Waals surface area contributed by atoms with Gasteiger partial charge in [0.25, 0.3) is 5.56 Å². The van der Waals surface area contributed by atoms with E-state index in [0.29, 0.717) is 15.4 Å². The fourth-order valence-corrected chi connectivity index (χ4v) is 4.53. The van der Waals surface area contributed by atoms with Gasteiger partial charge in [-0.1, -0.05) is 42.1 Å². The first kappa shape index (κ1) is 19.6. The Balaban J connectivity index is 1.94. The van der Waals surface area contributed by atoms with Gasteiger partial charge >= 0.3 is 0 Å². The smallest absolute Gasteiger partial charge is 0.262 e. The Labute approximate surface area is 166 Å². The van der Waals surface area contributed by atoms with Gasteiger partial charge in [0, 0.05) is 17.5 Å². The molecule has 1 unspecified atom stereocenters. The molecule has 0 fully saturated rings. The molecular weight excluding hydrogens is 378 g/mol. The summed E-state index contributed by atoms with van der Waals surface area (Å²) < 4.78 is 1.52. The molecule has 0 aliphatic rings. The number of nitrogens with one attached hydrogen (secondary N) is 1. The summed E-state index contributed by atoms with van der Waals surface area (Å²) in [6.07, 6.45) is 0. The van der Waals surface area contributed by atoms with Crippen LogP contribution in [-0.2, 0) is 11.8 Å². The quantitative estimate of drug-likeness (QED) is 0.529. The lowest BCUT2D eigenvalue weighted by Gasteiger charge is -2.23. The Morgan fingerprint density at radius 3 is 2.56 bits per heavy atom. The number of carbonyl (C=O) groups is 1. The third-order valence-electron chi connectivity index (χ3n) is 3.94. The molecule has 1 N–H and O–H groups in total. The lowest BCUT2D eigenvalue weighted by atomic mass is 10.1. The van der Waals surface area contributed by atoms with E-state index in [1.165, 1.54) is 27.7 Å². The zero-order chi connectivity index (χ0) is 19.8. The SMILES string of the molecule is CC(Sc1nc2sc(-c3ccccc3)cc2c(=O)n1C)C(=O)NC(C)(C)C. The van der Waals surface area contributed by atoms with E-state index in [-0.39, 0.29) is 22.3 Å². The average molecular weight is 402 g/mol. The molecule has 0 spiro atoms. The molecule has 3 aromatic rings. The average Bonchev–Trinajstić information content (AvgIpc) is 3.03. The third-order valence-corrected chi connectivity index (χ3v) is 6.16. The second kappa shape index (κ2) is 7.48. The van der Waals surface area contributed by atoms with E-state index < -0.39 is 0 Å². The molecule has 3 rings (SSSR count). The van der Waals surface area contributed by atoms with Crippen LogP contribution in [0.1, 0.15) is 27.7 Å². The van der Waals surface area contributed by atoms with Crippen molar-refractivity contribution in [1.82, 2.24) is 14.9 Å². The summed E-state index contributed by atoms with van der Waals surface area (Å²) in [4.78, 5) is 31.5. The standard InChI is InChI=1S/C20H23N3O2S2/c1-12(16(24)22-20(2,3)4)26-19-21-17-14(18(25)23(19)5)11-15(27-17)13-9-7-6-8-10-13/h6-12H,1-5H3,(H,22,24). The van der Waals surface area contributed by atoms with Crippen molar-refractivity contribution in [3.8, 4) is 10.4 Å². The summed E-state index contributed by atoms with van der Waals surface area (Å²) in [5.74, 6) is -0.0713. The first-order valence-corrected chi connectivity index (χ1v) is 10.4. The van der Waals surface area contributed by atoms with Gasteiger partial charge in [0.2, 0.25) is 5.91 Å². The van der Waals surface area contributed by atoms with E-state index in [4.69, 9.17) is 0 Å². The first-order chi connectivity index (χ1) is 12.7. The van der Waals surface area contributed by atoms with Gasteiger partial charge in [0.05, 0.1) is 10.6 Å². The van der Waals surface area contributed by atoms with Crippen molar-refractivity contribution in [1.29, 1.82) is 0 Å². The summed E-state index contributed by atoms with van der Waals surface area (Å²) >= 11 is 2.79. The number of nitrogens with zero attached hydrogens (tertiary/aromatic N) is 2. The zero-order valence-electron chi connectivity index (χ0n) is 16.1. The van der Waals surface area contributed by atoms with Crippen molar-refractivity contribution in [2.45, 2.75) is 43.6 Å². The first-order valence-electron chi connectivity index (χ1n) is 8.70. The van der Waals surface area contributed by atoms with Crippen molar-refractivity contribution in [2.75, 3.05) is 0 Å². The number of hydrogen-bond donors (Lipinski definition) is 1. The van der Waals surface area contributed by atoms with Gasteiger partial charge in [-0.15, -0.1) is 11.3 Å². The Morgan fingerprint density at radius 2 is 1.93 bits per heavy atom. The van der Waals surface area contributed by atoms with Gasteiger partial charge in [-0.05, 0) is 39.3 Å². The van der Waals surface area contributed by atoms with E-state index in [2.05, 4.69) is 10.3 Å². The normalized spacial score (nSPS) is 12.9. The van der Waals surface area contributed by atoms with Gasteiger partial charge in [0.15, 0.2) is 5.16 Å². The summed E-state index contributed by atoms with van der Waals surface area (Å²) in [5.41, 5.74) is 0.673. The molecule has 1 atom stereocenters. The monoisotopic (exact) mass is 401 g/mol. The molecule has 5 nitrogen and oxygen atoms in total. The maximum atomic E-state index is 12.8. The van der Waals surface area contributed by atoms with E-state index in [1.807, 2.05) is 64.1 Å². The maximum Gasteiger partial charge on any atom is 0.262 e. The van der Waals surface area contributed by atoms with Crippen LogP contribution in [0.25, 0.3) is 20.7 Å². The summed E-state index contributed by atoms with van der Waals surface area (Å²) in [6, 6.07) is 11.8. The Hall–Kier alpha value is -2.12. The van der Waals surface area contributed by atoms with Crippen LogP contribution in [0.5, 0.6) is 0 Å². The molecule has 0 saturated carbocycles. The second-order valence-electron chi connectivity index (χ2n) is 7.45. The van der Waals surface area contributed by atoms with Gasteiger partial charge in [-0.2, -0.15) is 0 Å². The summed E-state index contributed by atoms with van der Waals surface area (Å²) in [6.45, 7) is 7.66. The topological polar surface area (TPSA) is 64.0 Å². The van der Waals surface area contributed by atoms with Gasteiger partial charge in [-0.3, -0.25) is 14.2 Å². The summed E-state index contributed by atoms with van der Waals surface area (Å²) in [7, 11) is 1.70. The lowest BCUT2D eigenvalue weighted by Crippen LogP contribution is -2.44. The van der Waals surface area contributed by atoms with Crippen LogP contribution in [0.2, 0.25) is 0 Å². The van der Waals surface area contributed by atoms with E-state index in [0.717, 1.165) is 10.4 Å². The Bertz CT molecular complexity index is 1030. The van der Waals surface area contributed by atoms with Crippen molar-refractivity contribution < 1.29 is 4.79 Å². The molecule has 7 heteroatoms. The number of fused-ring (bicyclic) bond motifs is 1. The molecular formula is C20H23N3O2S2. The maximum absolute atomic E-state index is 12.8. The molecule has 2 aromatic heterocycles. The van der Waals surface area contributed by atoms with Gasteiger partial charge < -0.3 is 5.32 Å². The highest BCUT2D eigenvalue weighted by Gasteiger charge is 2.22. The highest BCUT2D eigenvalue weighted by atomic mass is 32.2. The predicted molar refractivity (Wildman–Crippen MR) is 114 cm³/mol. The number of thioether (sulfide) groups is 1. The molecule has 27 heavy (non-hydrogen) atoms. The molecule has 0 bridgehead atoms. The van der Waals surface area contributed by atoms with Crippen molar-refractivity contribution in [3.05, 3.63) is 46.8 Å². The number of carbonyl (C=O) groups excluding carboxylic acids is 1. The fourth-order valence-electron chi connectivity index (χ4n) is 2.58. The highest BCUT2D eigenvalue weighted by Crippen LogP contribution is 2.32. The Kier molecular flexibility index (Phi) is 5.44. The number of benzene rings is 1. The molecule has 0 aliphatic heterocycles. The molecule has 0 aliphatic carbocycles. The van der Waals surface area contributed by atoms with Crippen LogP contribution in [-0.4, -0.2) is 26.2 Å². The largest absolute Gasteiger partial charge is 0.351 e. The molecule has 2 heterocycles. The number of rotatable bonds is 4. The van der Waals surface area contributed by atoms with E-state index in [9.17, 15) is 9.59 Å². The predicted octanol–water partition coefficient (Wildman–Crippen LogP) is 4.06. The second-order valence-corrected chi connectivity index (χ2v) is 9.79. The number of amides is 1. The van der Waals surface area contributed by atoms with Crippen LogP contribution in [0, 0.1) is 0 Å². The van der Waals surface area contributed by atoms with Crippen molar-refractivity contribution in [2.24, 2.45) is 7.05 Å². The summed E-state index contributed by atoms with van der Waals surface area (Å²) in [5, 5.41) is 3.77. The minimum Gasteiger partial charge on any atom is -0.351 e. The number of thiophene rings is 1.